The lowest BCUT2D eigenvalue weighted by Crippen LogP contribution is -2.43. The number of hydrogen-bond donors (Lipinski definition) is 3. The van der Waals surface area contributed by atoms with Crippen LogP contribution in [0.4, 0.5) is 0 Å². The summed E-state index contributed by atoms with van der Waals surface area (Å²) < 4.78 is 0. The maximum Gasteiger partial charge on any atom is 0.326 e. The van der Waals surface area contributed by atoms with Crippen LogP contribution in [0.2, 0.25) is 0 Å². The molecule has 0 saturated carbocycles. The van der Waals surface area contributed by atoms with Crippen molar-refractivity contribution in [3.05, 3.63) is 0 Å². The van der Waals surface area contributed by atoms with E-state index in [0.29, 0.717) is 6.42 Å². The molecule has 86 valence electrons. The van der Waals surface area contributed by atoms with Gasteiger partial charge in [-0.3, -0.25) is 9.59 Å². The van der Waals surface area contributed by atoms with Crippen LogP contribution in [-0.2, 0) is 14.4 Å². The van der Waals surface area contributed by atoms with E-state index in [1.165, 1.54) is 0 Å². The predicted molar refractivity (Wildman–Crippen MR) is 52.9 cm³/mol. The lowest BCUT2D eigenvalue weighted by molar-refractivity contribution is -0.143. The number of carbonyl (C=O) groups excluding carboxylic acids is 2. The first kappa shape index (κ1) is 13.4. The second kappa shape index (κ2) is 6.80. The number of carboxylic acids is 1. The second-order valence-corrected chi connectivity index (χ2v) is 3.23. The molecule has 0 bridgehead atoms. The Hall–Kier alpha value is -1.59. The quantitative estimate of drug-likeness (QED) is 0.538. The average Bonchev–Trinajstić information content (AvgIpc) is 2.12. The zero-order chi connectivity index (χ0) is 11.8. The van der Waals surface area contributed by atoms with E-state index in [1.807, 2.05) is 6.92 Å². The van der Waals surface area contributed by atoms with Gasteiger partial charge in [-0.1, -0.05) is 13.3 Å². The number of hydrogen-bond acceptors (Lipinski definition) is 3. The van der Waals surface area contributed by atoms with Crippen LogP contribution in [0.25, 0.3) is 0 Å². The van der Waals surface area contributed by atoms with E-state index in [2.05, 4.69) is 5.32 Å². The minimum absolute atomic E-state index is 0.263. The van der Waals surface area contributed by atoms with Gasteiger partial charge in [-0.2, -0.15) is 0 Å². The molecular weight excluding hydrogens is 200 g/mol. The molecule has 0 aliphatic carbocycles. The summed E-state index contributed by atoms with van der Waals surface area (Å²) in [7, 11) is 0. The maximum atomic E-state index is 11.2. The van der Waals surface area contributed by atoms with Gasteiger partial charge >= 0.3 is 5.97 Å². The summed E-state index contributed by atoms with van der Waals surface area (Å²) in [4.78, 5) is 32.3. The van der Waals surface area contributed by atoms with Gasteiger partial charge in [-0.25, -0.2) is 4.79 Å². The summed E-state index contributed by atoms with van der Waals surface area (Å²) in [6.45, 7) is 1.92. The molecule has 0 aliphatic heterocycles. The van der Waals surface area contributed by atoms with Gasteiger partial charge in [0.15, 0.2) is 0 Å². The Balaban J connectivity index is 4.10. The van der Waals surface area contributed by atoms with Crippen LogP contribution >= 0.6 is 0 Å². The molecular formula is C9H16N2O4. The monoisotopic (exact) mass is 216 g/mol. The number of carboxylic acid groups (broad SMARTS) is 1. The summed E-state index contributed by atoms with van der Waals surface area (Å²) in [5.74, 6) is -2.37. The molecule has 1 atom stereocenters. The van der Waals surface area contributed by atoms with Crippen LogP contribution in [0, 0.1) is 0 Å². The van der Waals surface area contributed by atoms with Crippen LogP contribution in [0.3, 0.4) is 0 Å². The molecule has 6 heteroatoms. The standard InChI is InChI=1S/C9H16N2O4/c1-2-3-4-8(13)11-6(9(14)15)5-7(10)12/h6H,2-5H2,1H3,(H2,10,12)(H,11,13)(H,14,15)/t6-/m0/s1. The maximum absolute atomic E-state index is 11.2. The Morgan fingerprint density at radius 3 is 2.40 bits per heavy atom. The molecule has 0 saturated heterocycles. The molecule has 0 spiro atoms. The normalized spacial score (nSPS) is 11.8. The molecule has 0 aromatic carbocycles. The SMILES string of the molecule is CCCCC(=O)N[C@@H](CC(N)=O)C(=O)O. The van der Waals surface area contributed by atoms with E-state index in [-0.39, 0.29) is 18.7 Å². The van der Waals surface area contributed by atoms with Crippen molar-refractivity contribution >= 4 is 17.8 Å². The van der Waals surface area contributed by atoms with Crippen molar-refractivity contribution in [2.24, 2.45) is 5.73 Å². The highest BCUT2D eigenvalue weighted by atomic mass is 16.4. The molecule has 2 amide bonds. The number of nitrogens with two attached hydrogens (primary N) is 1. The third kappa shape index (κ3) is 6.48. The molecule has 0 heterocycles. The number of rotatable bonds is 7. The highest BCUT2D eigenvalue weighted by Gasteiger charge is 2.21. The third-order valence-corrected chi connectivity index (χ3v) is 1.80. The third-order valence-electron chi connectivity index (χ3n) is 1.80. The Morgan fingerprint density at radius 2 is 2.00 bits per heavy atom. The number of primary amides is 1. The minimum atomic E-state index is -1.25. The molecule has 15 heavy (non-hydrogen) atoms. The topological polar surface area (TPSA) is 109 Å². The highest BCUT2D eigenvalue weighted by Crippen LogP contribution is 1.97. The van der Waals surface area contributed by atoms with Gasteiger partial charge in [-0.05, 0) is 6.42 Å². The fourth-order valence-electron chi connectivity index (χ4n) is 1.01. The van der Waals surface area contributed by atoms with Gasteiger partial charge in [0.1, 0.15) is 6.04 Å². The van der Waals surface area contributed by atoms with Crippen molar-refractivity contribution in [1.82, 2.24) is 5.32 Å². The first-order valence-electron chi connectivity index (χ1n) is 4.77. The zero-order valence-corrected chi connectivity index (χ0v) is 8.66. The van der Waals surface area contributed by atoms with Crippen molar-refractivity contribution in [2.45, 2.75) is 38.6 Å². The number of carbonyl (C=O) groups is 3. The first-order valence-corrected chi connectivity index (χ1v) is 4.77. The molecule has 0 aromatic heterocycles. The summed E-state index contributed by atoms with van der Waals surface area (Å²) in [6, 6.07) is -1.22. The van der Waals surface area contributed by atoms with Gasteiger partial charge in [0.25, 0.3) is 0 Å². The molecule has 0 aliphatic rings. The summed E-state index contributed by atoms with van der Waals surface area (Å²) in [6.07, 6.45) is 1.42. The Morgan fingerprint density at radius 1 is 1.40 bits per heavy atom. The van der Waals surface area contributed by atoms with Crippen LogP contribution in [0.5, 0.6) is 0 Å². The molecule has 0 fully saturated rings. The van der Waals surface area contributed by atoms with Gasteiger partial charge in [0, 0.05) is 6.42 Å². The Labute approximate surface area is 87.8 Å². The zero-order valence-electron chi connectivity index (χ0n) is 8.66. The number of amides is 2. The van der Waals surface area contributed by atoms with Crippen molar-refractivity contribution in [3.63, 3.8) is 0 Å². The Bertz CT molecular complexity index is 252. The van der Waals surface area contributed by atoms with E-state index < -0.39 is 17.9 Å². The molecule has 0 radical (unpaired) electrons. The van der Waals surface area contributed by atoms with Crippen molar-refractivity contribution in [2.75, 3.05) is 0 Å². The van der Waals surface area contributed by atoms with Crippen LogP contribution in [0.1, 0.15) is 32.6 Å². The van der Waals surface area contributed by atoms with E-state index in [1.54, 1.807) is 0 Å². The fourth-order valence-corrected chi connectivity index (χ4v) is 1.01. The van der Waals surface area contributed by atoms with Gasteiger partial charge in [0.05, 0.1) is 6.42 Å². The number of aliphatic carboxylic acids is 1. The summed E-state index contributed by atoms with van der Waals surface area (Å²) in [5, 5.41) is 10.9. The summed E-state index contributed by atoms with van der Waals surface area (Å²) >= 11 is 0. The molecule has 0 aromatic rings. The van der Waals surface area contributed by atoms with Crippen LogP contribution in [0.15, 0.2) is 0 Å². The second-order valence-electron chi connectivity index (χ2n) is 3.23. The smallest absolute Gasteiger partial charge is 0.326 e. The first-order chi connectivity index (χ1) is 6.97. The van der Waals surface area contributed by atoms with E-state index >= 15 is 0 Å². The van der Waals surface area contributed by atoms with Gasteiger partial charge in [-0.15, -0.1) is 0 Å². The van der Waals surface area contributed by atoms with Crippen LogP contribution < -0.4 is 11.1 Å². The van der Waals surface area contributed by atoms with Crippen molar-refractivity contribution in [1.29, 1.82) is 0 Å². The number of unbranched alkanes of at least 4 members (excludes halogenated alkanes) is 1. The summed E-state index contributed by atoms with van der Waals surface area (Å²) in [5.41, 5.74) is 4.85. The van der Waals surface area contributed by atoms with E-state index in [9.17, 15) is 14.4 Å². The van der Waals surface area contributed by atoms with Gasteiger partial charge in [0.2, 0.25) is 11.8 Å². The lowest BCUT2D eigenvalue weighted by Gasteiger charge is -2.12. The van der Waals surface area contributed by atoms with E-state index in [0.717, 1.165) is 6.42 Å². The largest absolute Gasteiger partial charge is 0.480 e. The van der Waals surface area contributed by atoms with Crippen LogP contribution in [-0.4, -0.2) is 28.9 Å². The minimum Gasteiger partial charge on any atom is -0.480 e. The number of nitrogens with one attached hydrogen (secondary N) is 1. The fraction of sp³-hybridized carbons (Fsp3) is 0.667. The van der Waals surface area contributed by atoms with Gasteiger partial charge < -0.3 is 16.2 Å². The lowest BCUT2D eigenvalue weighted by atomic mass is 10.2. The van der Waals surface area contributed by atoms with E-state index in [4.69, 9.17) is 10.8 Å². The molecule has 0 rings (SSSR count). The Kier molecular flexibility index (Phi) is 6.08. The average molecular weight is 216 g/mol. The molecule has 4 N–H and O–H groups in total. The van der Waals surface area contributed by atoms with Crippen molar-refractivity contribution < 1.29 is 19.5 Å². The highest BCUT2D eigenvalue weighted by molar-refractivity contribution is 5.88. The van der Waals surface area contributed by atoms with Crippen molar-refractivity contribution in [3.8, 4) is 0 Å². The molecule has 0 unspecified atom stereocenters. The predicted octanol–water partition coefficient (Wildman–Crippen LogP) is -0.379. The molecule has 6 nitrogen and oxygen atoms in total.